The summed E-state index contributed by atoms with van der Waals surface area (Å²) >= 11 is 0. The van der Waals surface area contributed by atoms with Crippen LogP contribution in [0.3, 0.4) is 0 Å². The number of esters is 1. The van der Waals surface area contributed by atoms with E-state index in [4.69, 9.17) is 4.74 Å². The Morgan fingerprint density at radius 3 is 2.81 bits per heavy atom. The van der Waals surface area contributed by atoms with Crippen LogP contribution < -0.4 is 0 Å². The van der Waals surface area contributed by atoms with Gasteiger partial charge >= 0.3 is 5.97 Å². The number of aryl methyl sites for hydroxylation is 2. The average molecular weight is 217 g/mol. The van der Waals surface area contributed by atoms with E-state index in [1.54, 1.807) is 0 Å². The van der Waals surface area contributed by atoms with Gasteiger partial charge in [-0.3, -0.25) is 0 Å². The van der Waals surface area contributed by atoms with Crippen LogP contribution in [0, 0.1) is 6.92 Å². The number of rotatable bonds is 2. The maximum atomic E-state index is 11.7. The summed E-state index contributed by atoms with van der Waals surface area (Å²) in [7, 11) is 1.41. The van der Waals surface area contributed by atoms with Crippen molar-refractivity contribution < 1.29 is 9.53 Å². The zero-order chi connectivity index (χ0) is 11.7. The molecule has 1 heterocycles. The van der Waals surface area contributed by atoms with E-state index in [0.717, 1.165) is 28.6 Å². The van der Waals surface area contributed by atoms with Crippen LogP contribution >= 0.6 is 0 Å². The predicted molar refractivity (Wildman–Crippen MR) is 63.8 cm³/mol. The summed E-state index contributed by atoms with van der Waals surface area (Å²) < 4.78 is 4.83. The summed E-state index contributed by atoms with van der Waals surface area (Å²) in [6.45, 7) is 4.03. The van der Waals surface area contributed by atoms with Gasteiger partial charge in [0.05, 0.1) is 12.7 Å². The molecule has 0 aliphatic heterocycles. The van der Waals surface area contributed by atoms with Crippen molar-refractivity contribution in [2.45, 2.75) is 20.3 Å². The van der Waals surface area contributed by atoms with E-state index in [0.29, 0.717) is 5.56 Å². The standard InChI is InChI=1S/C13H15NO2/c1-4-10-12(13(15)16-3)9-7-8(2)5-6-11(9)14-10/h5-7,14H,4H2,1-3H3. The predicted octanol–water partition coefficient (Wildman–Crippen LogP) is 2.83. The second-order valence-corrected chi connectivity index (χ2v) is 3.87. The fourth-order valence-electron chi connectivity index (χ4n) is 1.96. The minimum atomic E-state index is -0.270. The number of hydrogen-bond acceptors (Lipinski definition) is 2. The molecule has 0 aliphatic rings. The Bertz CT molecular complexity index is 540. The van der Waals surface area contributed by atoms with E-state index < -0.39 is 0 Å². The molecule has 0 bridgehead atoms. The summed E-state index contributed by atoms with van der Waals surface area (Å²) in [4.78, 5) is 15.0. The van der Waals surface area contributed by atoms with Crippen molar-refractivity contribution in [3.8, 4) is 0 Å². The molecule has 2 aromatic rings. The van der Waals surface area contributed by atoms with Crippen LogP contribution in [0.25, 0.3) is 10.9 Å². The maximum Gasteiger partial charge on any atom is 0.340 e. The molecule has 1 aromatic carbocycles. The fraction of sp³-hybridized carbons (Fsp3) is 0.308. The van der Waals surface area contributed by atoms with Crippen molar-refractivity contribution in [2.24, 2.45) is 0 Å². The number of carbonyl (C=O) groups excluding carboxylic acids is 1. The van der Waals surface area contributed by atoms with Crippen LogP contribution in [-0.4, -0.2) is 18.1 Å². The summed E-state index contributed by atoms with van der Waals surface area (Å²) in [5.74, 6) is -0.270. The molecule has 0 atom stereocenters. The Balaban J connectivity index is 2.75. The van der Waals surface area contributed by atoms with Crippen molar-refractivity contribution >= 4 is 16.9 Å². The normalized spacial score (nSPS) is 10.7. The number of aromatic nitrogens is 1. The molecule has 84 valence electrons. The minimum Gasteiger partial charge on any atom is -0.465 e. The van der Waals surface area contributed by atoms with Crippen LogP contribution in [0.2, 0.25) is 0 Å². The first-order chi connectivity index (χ1) is 7.67. The van der Waals surface area contributed by atoms with E-state index in [2.05, 4.69) is 4.98 Å². The van der Waals surface area contributed by atoms with Gasteiger partial charge < -0.3 is 9.72 Å². The molecule has 16 heavy (non-hydrogen) atoms. The highest BCUT2D eigenvalue weighted by Gasteiger charge is 2.17. The Kier molecular flexibility index (Phi) is 2.69. The Labute approximate surface area is 94.4 Å². The van der Waals surface area contributed by atoms with E-state index >= 15 is 0 Å². The summed E-state index contributed by atoms with van der Waals surface area (Å²) in [6, 6.07) is 6.03. The zero-order valence-corrected chi connectivity index (χ0v) is 9.76. The smallest absolute Gasteiger partial charge is 0.340 e. The van der Waals surface area contributed by atoms with Gasteiger partial charge in [-0.05, 0) is 25.5 Å². The number of carbonyl (C=O) groups is 1. The van der Waals surface area contributed by atoms with E-state index in [1.165, 1.54) is 7.11 Å². The van der Waals surface area contributed by atoms with Gasteiger partial charge in [-0.15, -0.1) is 0 Å². The topological polar surface area (TPSA) is 42.1 Å². The molecule has 0 spiro atoms. The lowest BCUT2D eigenvalue weighted by Gasteiger charge is -2.00. The zero-order valence-electron chi connectivity index (χ0n) is 9.76. The molecule has 0 radical (unpaired) electrons. The monoisotopic (exact) mass is 217 g/mol. The number of benzene rings is 1. The largest absolute Gasteiger partial charge is 0.465 e. The molecule has 0 unspecified atom stereocenters. The summed E-state index contributed by atoms with van der Waals surface area (Å²) in [5, 5.41) is 0.948. The lowest BCUT2D eigenvalue weighted by Crippen LogP contribution is -2.03. The molecule has 0 saturated heterocycles. The van der Waals surface area contributed by atoms with Gasteiger partial charge in [-0.2, -0.15) is 0 Å². The molecular weight excluding hydrogens is 202 g/mol. The number of aromatic amines is 1. The average Bonchev–Trinajstić information content (AvgIpc) is 2.65. The second kappa shape index (κ2) is 4.00. The first-order valence-corrected chi connectivity index (χ1v) is 5.37. The molecule has 3 nitrogen and oxygen atoms in total. The van der Waals surface area contributed by atoms with Crippen molar-refractivity contribution in [1.29, 1.82) is 0 Å². The molecule has 3 heteroatoms. The highest BCUT2D eigenvalue weighted by atomic mass is 16.5. The third kappa shape index (κ3) is 1.58. The van der Waals surface area contributed by atoms with Crippen molar-refractivity contribution in [3.05, 3.63) is 35.0 Å². The van der Waals surface area contributed by atoms with Gasteiger partial charge in [0.1, 0.15) is 0 Å². The van der Waals surface area contributed by atoms with Crippen molar-refractivity contribution in [3.63, 3.8) is 0 Å². The lowest BCUT2D eigenvalue weighted by molar-refractivity contribution is 0.0602. The Morgan fingerprint density at radius 2 is 2.19 bits per heavy atom. The number of methoxy groups -OCH3 is 1. The van der Waals surface area contributed by atoms with Gasteiger partial charge in [0, 0.05) is 16.6 Å². The maximum absolute atomic E-state index is 11.7. The second-order valence-electron chi connectivity index (χ2n) is 3.87. The molecular formula is C13H15NO2. The minimum absolute atomic E-state index is 0.270. The third-order valence-corrected chi connectivity index (χ3v) is 2.77. The molecule has 1 aromatic heterocycles. The third-order valence-electron chi connectivity index (χ3n) is 2.77. The van der Waals surface area contributed by atoms with Gasteiger partial charge in [-0.25, -0.2) is 4.79 Å². The van der Waals surface area contributed by atoms with Crippen LogP contribution in [0.15, 0.2) is 18.2 Å². The summed E-state index contributed by atoms with van der Waals surface area (Å²) in [6.07, 6.45) is 0.790. The molecule has 0 amide bonds. The van der Waals surface area contributed by atoms with Crippen LogP contribution in [0.1, 0.15) is 28.5 Å². The van der Waals surface area contributed by atoms with Crippen LogP contribution in [-0.2, 0) is 11.2 Å². The molecule has 1 N–H and O–H groups in total. The Hall–Kier alpha value is -1.77. The molecule has 0 fully saturated rings. The van der Waals surface area contributed by atoms with Crippen molar-refractivity contribution in [2.75, 3.05) is 7.11 Å². The van der Waals surface area contributed by atoms with Gasteiger partial charge in [-0.1, -0.05) is 18.6 Å². The lowest BCUT2D eigenvalue weighted by atomic mass is 10.1. The highest BCUT2D eigenvalue weighted by Crippen LogP contribution is 2.24. The number of fused-ring (bicyclic) bond motifs is 1. The van der Waals surface area contributed by atoms with Gasteiger partial charge in [0.2, 0.25) is 0 Å². The van der Waals surface area contributed by atoms with Gasteiger partial charge in [0.25, 0.3) is 0 Å². The van der Waals surface area contributed by atoms with Crippen LogP contribution in [0.4, 0.5) is 0 Å². The molecule has 0 aliphatic carbocycles. The van der Waals surface area contributed by atoms with Gasteiger partial charge in [0.15, 0.2) is 0 Å². The fourth-order valence-corrected chi connectivity index (χ4v) is 1.96. The highest BCUT2D eigenvalue weighted by molar-refractivity contribution is 6.05. The van der Waals surface area contributed by atoms with E-state index in [-0.39, 0.29) is 5.97 Å². The first kappa shape index (κ1) is 10.7. The summed E-state index contributed by atoms with van der Waals surface area (Å²) in [5.41, 5.74) is 3.73. The molecule has 0 saturated carbocycles. The Morgan fingerprint density at radius 1 is 1.44 bits per heavy atom. The van der Waals surface area contributed by atoms with E-state index in [1.807, 2.05) is 32.0 Å². The number of H-pyrrole nitrogens is 1. The number of ether oxygens (including phenoxy) is 1. The van der Waals surface area contributed by atoms with Crippen LogP contribution in [0.5, 0.6) is 0 Å². The SMILES string of the molecule is CCc1[nH]c2ccc(C)cc2c1C(=O)OC. The molecule has 2 rings (SSSR count). The first-order valence-electron chi connectivity index (χ1n) is 5.37. The quantitative estimate of drug-likeness (QED) is 0.786. The van der Waals surface area contributed by atoms with E-state index in [9.17, 15) is 4.79 Å². The number of nitrogens with one attached hydrogen (secondary N) is 1. The number of hydrogen-bond donors (Lipinski definition) is 1. The van der Waals surface area contributed by atoms with Crippen molar-refractivity contribution in [1.82, 2.24) is 4.98 Å².